The molecule has 1 unspecified atom stereocenters. The van der Waals surface area contributed by atoms with Crippen LogP contribution < -0.4 is 10.1 Å². The molecule has 2 nitrogen and oxygen atoms in total. The van der Waals surface area contributed by atoms with Crippen molar-refractivity contribution in [1.82, 2.24) is 0 Å². The maximum atomic E-state index is 5.16. The third kappa shape index (κ3) is 4.07. The summed E-state index contributed by atoms with van der Waals surface area (Å²) < 4.78 is 5.16. The molecular formula is C13H19NO. The second-order valence-electron chi connectivity index (χ2n) is 3.64. The summed E-state index contributed by atoms with van der Waals surface area (Å²) in [4.78, 5) is 0. The highest BCUT2D eigenvalue weighted by Crippen LogP contribution is 2.18. The van der Waals surface area contributed by atoms with Crippen molar-refractivity contribution < 1.29 is 4.74 Å². The molecule has 0 fully saturated rings. The third-order valence-electron chi connectivity index (χ3n) is 2.29. The molecule has 0 aliphatic heterocycles. The molecule has 0 saturated carbocycles. The minimum absolute atomic E-state index is 0.454. The number of hydrogen-bond donors (Lipinski definition) is 1. The van der Waals surface area contributed by atoms with Crippen LogP contribution in [0.4, 0.5) is 5.69 Å². The van der Waals surface area contributed by atoms with Crippen molar-refractivity contribution >= 4 is 5.69 Å². The maximum absolute atomic E-state index is 5.16. The molecule has 2 heteroatoms. The molecular weight excluding hydrogens is 186 g/mol. The molecule has 82 valence electrons. The molecule has 1 aromatic rings. The van der Waals surface area contributed by atoms with Crippen LogP contribution in [-0.4, -0.2) is 13.2 Å². The summed E-state index contributed by atoms with van der Waals surface area (Å²) in [5.74, 6) is 0.885. The van der Waals surface area contributed by atoms with Crippen molar-refractivity contribution in [3.8, 4) is 5.75 Å². The van der Waals surface area contributed by atoms with Crippen LogP contribution in [0.15, 0.2) is 36.9 Å². The Morgan fingerprint density at radius 3 is 3.00 bits per heavy atom. The molecule has 0 aromatic heterocycles. The first-order valence-corrected chi connectivity index (χ1v) is 5.27. The van der Waals surface area contributed by atoms with Gasteiger partial charge < -0.3 is 10.1 Å². The quantitative estimate of drug-likeness (QED) is 0.718. The topological polar surface area (TPSA) is 21.3 Å². The predicted octanol–water partition coefficient (Wildman–Crippen LogP) is 3.46. The normalized spacial score (nSPS) is 11.9. The zero-order valence-corrected chi connectivity index (χ0v) is 9.49. The summed E-state index contributed by atoms with van der Waals surface area (Å²) in [7, 11) is 1.68. The van der Waals surface area contributed by atoms with Gasteiger partial charge >= 0.3 is 0 Å². The standard InChI is InChI=1S/C13H19NO/c1-4-5-7-11(2)14-12-8-6-9-13(10-12)15-3/h4,6,8-11,14H,1,5,7H2,2-3H3. The second kappa shape index (κ2) is 6.12. The molecule has 1 aromatic carbocycles. The van der Waals surface area contributed by atoms with Crippen LogP contribution in [0.25, 0.3) is 0 Å². The van der Waals surface area contributed by atoms with E-state index in [4.69, 9.17) is 4.74 Å². The fraction of sp³-hybridized carbons (Fsp3) is 0.385. The molecule has 0 amide bonds. The first-order chi connectivity index (χ1) is 7.26. The molecule has 0 bridgehead atoms. The van der Waals surface area contributed by atoms with Gasteiger partial charge in [0.1, 0.15) is 5.75 Å². The summed E-state index contributed by atoms with van der Waals surface area (Å²) >= 11 is 0. The van der Waals surface area contributed by atoms with E-state index in [1.807, 2.05) is 30.3 Å². The van der Waals surface area contributed by atoms with Gasteiger partial charge in [0, 0.05) is 17.8 Å². The van der Waals surface area contributed by atoms with Gasteiger partial charge in [-0.15, -0.1) is 6.58 Å². The number of benzene rings is 1. The lowest BCUT2D eigenvalue weighted by atomic mass is 10.1. The largest absolute Gasteiger partial charge is 0.497 e. The van der Waals surface area contributed by atoms with E-state index in [9.17, 15) is 0 Å². The highest BCUT2D eigenvalue weighted by atomic mass is 16.5. The van der Waals surface area contributed by atoms with Gasteiger partial charge in [-0.25, -0.2) is 0 Å². The van der Waals surface area contributed by atoms with Crippen LogP contribution in [0.3, 0.4) is 0 Å². The van der Waals surface area contributed by atoms with E-state index in [1.54, 1.807) is 7.11 Å². The number of nitrogens with one attached hydrogen (secondary N) is 1. The first-order valence-electron chi connectivity index (χ1n) is 5.27. The number of allylic oxidation sites excluding steroid dienone is 1. The Bertz CT molecular complexity index is 309. The Morgan fingerprint density at radius 2 is 2.33 bits per heavy atom. The van der Waals surface area contributed by atoms with E-state index < -0.39 is 0 Å². The van der Waals surface area contributed by atoms with Gasteiger partial charge in [0.25, 0.3) is 0 Å². The number of rotatable bonds is 6. The van der Waals surface area contributed by atoms with E-state index in [1.165, 1.54) is 0 Å². The van der Waals surface area contributed by atoms with Gasteiger partial charge in [-0.1, -0.05) is 12.1 Å². The van der Waals surface area contributed by atoms with E-state index in [0.29, 0.717) is 6.04 Å². The van der Waals surface area contributed by atoms with Crippen LogP contribution >= 0.6 is 0 Å². The van der Waals surface area contributed by atoms with Gasteiger partial charge in [-0.3, -0.25) is 0 Å². The molecule has 0 spiro atoms. The second-order valence-corrected chi connectivity index (χ2v) is 3.64. The van der Waals surface area contributed by atoms with Crippen LogP contribution in [0.5, 0.6) is 5.75 Å². The SMILES string of the molecule is C=CCCC(C)Nc1cccc(OC)c1. The van der Waals surface area contributed by atoms with Crippen molar-refractivity contribution in [3.05, 3.63) is 36.9 Å². The lowest BCUT2D eigenvalue weighted by Crippen LogP contribution is -2.14. The first kappa shape index (κ1) is 11.6. The summed E-state index contributed by atoms with van der Waals surface area (Å²) in [5.41, 5.74) is 1.10. The fourth-order valence-electron chi connectivity index (χ4n) is 1.44. The van der Waals surface area contributed by atoms with Crippen LogP contribution in [-0.2, 0) is 0 Å². The molecule has 0 aliphatic carbocycles. The zero-order chi connectivity index (χ0) is 11.1. The number of hydrogen-bond acceptors (Lipinski definition) is 2. The van der Waals surface area contributed by atoms with Crippen molar-refractivity contribution in [2.45, 2.75) is 25.8 Å². The van der Waals surface area contributed by atoms with Crippen molar-refractivity contribution in [2.75, 3.05) is 12.4 Å². The average Bonchev–Trinajstić information content (AvgIpc) is 2.26. The van der Waals surface area contributed by atoms with Crippen molar-refractivity contribution in [2.24, 2.45) is 0 Å². The highest BCUT2D eigenvalue weighted by Gasteiger charge is 2.01. The molecule has 15 heavy (non-hydrogen) atoms. The molecule has 1 atom stereocenters. The van der Waals surface area contributed by atoms with Crippen molar-refractivity contribution in [1.29, 1.82) is 0 Å². The van der Waals surface area contributed by atoms with E-state index in [-0.39, 0.29) is 0 Å². The smallest absolute Gasteiger partial charge is 0.120 e. The fourth-order valence-corrected chi connectivity index (χ4v) is 1.44. The number of ether oxygens (including phenoxy) is 1. The van der Waals surface area contributed by atoms with Gasteiger partial charge in [-0.05, 0) is 31.9 Å². The molecule has 0 aliphatic rings. The van der Waals surface area contributed by atoms with Crippen LogP contribution in [0, 0.1) is 0 Å². The molecule has 0 heterocycles. The Hall–Kier alpha value is -1.44. The highest BCUT2D eigenvalue weighted by molar-refractivity contribution is 5.48. The number of methoxy groups -OCH3 is 1. The Morgan fingerprint density at radius 1 is 1.53 bits per heavy atom. The minimum Gasteiger partial charge on any atom is -0.497 e. The van der Waals surface area contributed by atoms with Crippen LogP contribution in [0.2, 0.25) is 0 Å². The average molecular weight is 205 g/mol. The number of anilines is 1. The summed E-state index contributed by atoms with van der Waals surface area (Å²) in [6.45, 7) is 5.89. The van der Waals surface area contributed by atoms with E-state index in [0.717, 1.165) is 24.3 Å². The van der Waals surface area contributed by atoms with Gasteiger partial charge in [-0.2, -0.15) is 0 Å². The van der Waals surface area contributed by atoms with Gasteiger partial charge in [0.15, 0.2) is 0 Å². The minimum atomic E-state index is 0.454. The Balaban J connectivity index is 2.51. The van der Waals surface area contributed by atoms with Crippen LogP contribution in [0.1, 0.15) is 19.8 Å². The molecule has 0 saturated heterocycles. The van der Waals surface area contributed by atoms with E-state index >= 15 is 0 Å². The Kier molecular flexibility index (Phi) is 4.75. The third-order valence-corrected chi connectivity index (χ3v) is 2.29. The van der Waals surface area contributed by atoms with Gasteiger partial charge in [0.05, 0.1) is 7.11 Å². The zero-order valence-electron chi connectivity index (χ0n) is 9.49. The predicted molar refractivity (Wildman–Crippen MR) is 65.5 cm³/mol. The Labute approximate surface area is 92.0 Å². The van der Waals surface area contributed by atoms with Gasteiger partial charge in [0.2, 0.25) is 0 Å². The lowest BCUT2D eigenvalue weighted by molar-refractivity contribution is 0.415. The summed E-state index contributed by atoms with van der Waals surface area (Å²) in [5, 5.41) is 3.42. The molecule has 1 N–H and O–H groups in total. The maximum Gasteiger partial charge on any atom is 0.120 e. The molecule has 1 rings (SSSR count). The molecule has 0 radical (unpaired) electrons. The van der Waals surface area contributed by atoms with Crippen molar-refractivity contribution in [3.63, 3.8) is 0 Å². The van der Waals surface area contributed by atoms with E-state index in [2.05, 4.69) is 18.8 Å². The monoisotopic (exact) mass is 205 g/mol. The summed E-state index contributed by atoms with van der Waals surface area (Å²) in [6.07, 6.45) is 4.09. The summed E-state index contributed by atoms with van der Waals surface area (Å²) in [6, 6.07) is 8.44. The lowest BCUT2D eigenvalue weighted by Gasteiger charge is -2.14.